The van der Waals surface area contributed by atoms with Gasteiger partial charge in [0.15, 0.2) is 0 Å². The SMILES string of the molecule is C.C.C.CC(C)C(C)C.CC(C)NS(=O)(=O)C1CC1.CC(C)ON=C1c2ccccc2-c2ccccc21. The summed E-state index contributed by atoms with van der Waals surface area (Å²) < 4.78 is 24.7. The highest BCUT2D eigenvalue weighted by Gasteiger charge is 2.35. The molecule has 0 atom stereocenters. The molecule has 5 nitrogen and oxygen atoms in total. The van der Waals surface area contributed by atoms with Gasteiger partial charge in [0.25, 0.3) is 0 Å². The fourth-order valence-corrected chi connectivity index (χ4v) is 4.66. The lowest BCUT2D eigenvalue weighted by atomic mass is 10.0. The van der Waals surface area contributed by atoms with Crippen molar-refractivity contribution in [3.05, 3.63) is 59.7 Å². The predicted octanol–water partition coefficient (Wildman–Crippen LogP) is 8.53. The summed E-state index contributed by atoms with van der Waals surface area (Å²) in [7, 11) is -2.94. The molecule has 2 aromatic rings. The molecule has 2 aromatic carbocycles. The molecule has 0 radical (unpaired) electrons. The molecule has 2 aliphatic carbocycles. The van der Waals surface area contributed by atoms with Crippen molar-refractivity contribution in [2.24, 2.45) is 17.0 Å². The molecule has 0 spiro atoms. The molecule has 0 amide bonds. The second-order valence-electron chi connectivity index (χ2n) is 10.2. The van der Waals surface area contributed by atoms with E-state index in [1.807, 2.05) is 39.8 Å². The van der Waals surface area contributed by atoms with E-state index in [4.69, 9.17) is 4.84 Å². The molecular formula is C31H54N2O3S. The number of rotatable bonds is 6. The van der Waals surface area contributed by atoms with Gasteiger partial charge in [-0.15, -0.1) is 0 Å². The Morgan fingerprint density at radius 1 is 0.730 bits per heavy atom. The Bertz CT molecular complexity index is 1000. The first-order chi connectivity index (χ1) is 15.9. The maximum absolute atomic E-state index is 11.1. The van der Waals surface area contributed by atoms with Gasteiger partial charge in [0, 0.05) is 17.2 Å². The van der Waals surface area contributed by atoms with Crippen molar-refractivity contribution in [1.82, 2.24) is 4.72 Å². The van der Waals surface area contributed by atoms with Crippen molar-refractivity contribution in [2.75, 3.05) is 0 Å². The van der Waals surface area contributed by atoms with Gasteiger partial charge in [-0.3, -0.25) is 0 Å². The zero-order chi connectivity index (χ0) is 25.5. The molecule has 0 bridgehead atoms. The van der Waals surface area contributed by atoms with E-state index >= 15 is 0 Å². The van der Waals surface area contributed by atoms with Crippen LogP contribution < -0.4 is 4.72 Å². The largest absolute Gasteiger partial charge is 0.393 e. The fourth-order valence-electron chi connectivity index (χ4n) is 3.05. The van der Waals surface area contributed by atoms with Gasteiger partial charge in [-0.25, -0.2) is 13.1 Å². The Labute approximate surface area is 229 Å². The molecule has 212 valence electrons. The first-order valence-corrected chi connectivity index (χ1v) is 13.9. The van der Waals surface area contributed by atoms with Gasteiger partial charge >= 0.3 is 0 Å². The van der Waals surface area contributed by atoms with Gasteiger partial charge in [-0.2, -0.15) is 0 Å². The van der Waals surface area contributed by atoms with Crippen LogP contribution in [0.15, 0.2) is 53.7 Å². The summed E-state index contributed by atoms with van der Waals surface area (Å²) in [5, 5.41) is 4.23. The van der Waals surface area contributed by atoms with E-state index in [9.17, 15) is 8.42 Å². The molecule has 37 heavy (non-hydrogen) atoms. The van der Waals surface area contributed by atoms with Crippen molar-refractivity contribution in [3.8, 4) is 11.1 Å². The molecule has 2 aliphatic rings. The molecule has 4 rings (SSSR count). The second-order valence-corrected chi connectivity index (χ2v) is 12.2. The van der Waals surface area contributed by atoms with Crippen LogP contribution in [0.2, 0.25) is 0 Å². The van der Waals surface area contributed by atoms with Crippen molar-refractivity contribution < 1.29 is 13.3 Å². The maximum atomic E-state index is 11.1. The molecule has 1 fully saturated rings. The predicted molar refractivity (Wildman–Crippen MR) is 164 cm³/mol. The van der Waals surface area contributed by atoms with E-state index in [0.717, 1.165) is 41.5 Å². The Morgan fingerprint density at radius 3 is 1.41 bits per heavy atom. The third-order valence-electron chi connectivity index (χ3n) is 5.71. The highest BCUT2D eigenvalue weighted by atomic mass is 32.2. The molecule has 1 saturated carbocycles. The summed E-state index contributed by atoms with van der Waals surface area (Å²) in [6.07, 6.45) is 1.77. The number of oxime groups is 1. The highest BCUT2D eigenvalue weighted by Crippen LogP contribution is 2.36. The third kappa shape index (κ3) is 11.4. The molecule has 1 N–H and O–H groups in total. The van der Waals surface area contributed by atoms with Crippen LogP contribution in [-0.2, 0) is 14.9 Å². The van der Waals surface area contributed by atoms with E-state index < -0.39 is 10.0 Å². The van der Waals surface area contributed by atoms with Crippen molar-refractivity contribution in [2.45, 2.75) is 108 Å². The van der Waals surface area contributed by atoms with Crippen molar-refractivity contribution >= 4 is 15.7 Å². The Morgan fingerprint density at radius 2 is 1.11 bits per heavy atom. The smallest absolute Gasteiger partial charge is 0.214 e. The highest BCUT2D eigenvalue weighted by molar-refractivity contribution is 7.90. The summed E-state index contributed by atoms with van der Waals surface area (Å²) in [4.78, 5) is 5.43. The summed E-state index contributed by atoms with van der Waals surface area (Å²) in [5.41, 5.74) is 5.71. The number of nitrogens with zero attached hydrogens (tertiary/aromatic N) is 1. The zero-order valence-corrected chi connectivity index (χ0v) is 22.8. The van der Waals surface area contributed by atoms with Gasteiger partial charge in [0.1, 0.15) is 11.8 Å². The average Bonchev–Trinajstić information content (AvgIpc) is 3.57. The van der Waals surface area contributed by atoms with Gasteiger partial charge in [-0.05, 0) is 63.5 Å². The summed E-state index contributed by atoms with van der Waals surface area (Å²) in [6, 6.07) is 16.7. The lowest BCUT2D eigenvalue weighted by Gasteiger charge is -2.07. The minimum atomic E-state index is -2.94. The minimum absolute atomic E-state index is 0. The summed E-state index contributed by atoms with van der Waals surface area (Å²) in [6.45, 7) is 16.6. The topological polar surface area (TPSA) is 67.8 Å². The molecule has 0 saturated heterocycles. The van der Waals surface area contributed by atoms with Crippen LogP contribution in [-0.4, -0.2) is 31.5 Å². The molecule has 0 aliphatic heterocycles. The Hall–Kier alpha value is -2.18. The quantitative estimate of drug-likeness (QED) is 0.322. The van der Waals surface area contributed by atoms with E-state index in [0.29, 0.717) is 0 Å². The Kier molecular flexibility index (Phi) is 16.6. The van der Waals surface area contributed by atoms with Crippen LogP contribution in [0.4, 0.5) is 0 Å². The summed E-state index contributed by atoms with van der Waals surface area (Å²) >= 11 is 0. The van der Waals surface area contributed by atoms with Gasteiger partial charge in [0.05, 0.1) is 5.25 Å². The number of hydrogen-bond acceptors (Lipinski definition) is 4. The first kappa shape index (κ1) is 37.0. The zero-order valence-electron chi connectivity index (χ0n) is 22.0. The number of hydrogen-bond donors (Lipinski definition) is 1. The Balaban J connectivity index is 0. The fraction of sp³-hybridized carbons (Fsp3) is 0.581. The van der Waals surface area contributed by atoms with E-state index in [1.54, 1.807) is 0 Å². The number of nitrogens with one attached hydrogen (secondary N) is 1. The number of fused-ring (bicyclic) bond motifs is 3. The number of sulfonamides is 1. The lowest BCUT2D eigenvalue weighted by Crippen LogP contribution is -2.32. The van der Waals surface area contributed by atoms with Crippen LogP contribution in [0.25, 0.3) is 11.1 Å². The molecule has 0 unspecified atom stereocenters. The lowest BCUT2D eigenvalue weighted by molar-refractivity contribution is 0.0863. The molecule has 6 heteroatoms. The van der Waals surface area contributed by atoms with Crippen LogP contribution in [0, 0.1) is 11.8 Å². The molecular weight excluding hydrogens is 480 g/mol. The van der Waals surface area contributed by atoms with Crippen LogP contribution >= 0.6 is 0 Å². The average molecular weight is 535 g/mol. The van der Waals surface area contributed by atoms with Crippen molar-refractivity contribution in [3.63, 3.8) is 0 Å². The van der Waals surface area contributed by atoms with Gasteiger partial charge in [-0.1, -0.05) is 104 Å². The summed E-state index contributed by atoms with van der Waals surface area (Å²) in [5.74, 6) is 1.70. The standard InChI is InChI=1S/C16H15NO.C6H13NO2S.C6H14.3CH4/c1-11(2)18-17-16-14-9-5-3-7-12(14)13-8-4-6-10-15(13)16;1-5(2)7-10(8,9)6-3-4-6;1-5(2)6(3)4;;;/h3-11H,1-2H3;5-7H,3-4H2,1-2H3;5-6H,1-4H3;3*1H4. The monoisotopic (exact) mass is 534 g/mol. The molecule has 0 heterocycles. The van der Waals surface area contributed by atoms with Crippen LogP contribution in [0.5, 0.6) is 0 Å². The minimum Gasteiger partial charge on any atom is -0.393 e. The van der Waals surface area contributed by atoms with Crippen LogP contribution in [0.3, 0.4) is 0 Å². The third-order valence-corrected chi connectivity index (χ3v) is 7.85. The molecule has 0 aromatic heterocycles. The van der Waals surface area contributed by atoms with E-state index in [-0.39, 0.29) is 39.7 Å². The van der Waals surface area contributed by atoms with Gasteiger partial charge < -0.3 is 4.84 Å². The van der Waals surface area contributed by atoms with E-state index in [1.165, 1.54) is 11.1 Å². The first-order valence-electron chi connectivity index (χ1n) is 12.4. The normalized spacial score (nSPS) is 13.1. The van der Waals surface area contributed by atoms with Crippen molar-refractivity contribution in [1.29, 1.82) is 0 Å². The second kappa shape index (κ2) is 16.6. The number of benzene rings is 2. The van der Waals surface area contributed by atoms with Gasteiger partial charge in [0.2, 0.25) is 10.0 Å². The maximum Gasteiger partial charge on any atom is 0.214 e. The van der Waals surface area contributed by atoms with Crippen LogP contribution in [0.1, 0.15) is 102 Å². The van der Waals surface area contributed by atoms with E-state index in [2.05, 4.69) is 74.0 Å².